The minimum Gasteiger partial charge on any atom is -0.338 e. The summed E-state index contributed by atoms with van der Waals surface area (Å²) < 4.78 is 2.38. The maximum Gasteiger partial charge on any atom is 0.138 e. The lowest BCUT2D eigenvalue weighted by Crippen LogP contribution is -2.18. The first-order valence-electron chi connectivity index (χ1n) is 25.4. The van der Waals surface area contributed by atoms with Gasteiger partial charge in [0, 0.05) is 35.1 Å². The van der Waals surface area contributed by atoms with Crippen LogP contribution in [-0.2, 0) is 0 Å². The number of hydrogen-bond donors (Lipinski definition) is 2. The lowest BCUT2D eigenvalue weighted by molar-refractivity contribution is 0.709. The Bertz CT molecular complexity index is 3950. The Labute approximate surface area is 445 Å². The minimum absolute atomic E-state index is 0.0241. The second-order valence-corrected chi connectivity index (χ2v) is 21.4. The molecule has 6 heterocycles. The van der Waals surface area contributed by atoms with Crippen LogP contribution in [0.3, 0.4) is 0 Å². The number of benzene rings is 9. The molecule has 0 fully saturated rings. The Morgan fingerprint density at radius 3 is 1.09 bits per heavy atom. The molecule has 9 aromatic carbocycles. The molecule has 15 rings (SSSR count). The van der Waals surface area contributed by atoms with E-state index in [9.17, 15) is 0 Å². The summed E-state index contributed by atoms with van der Waals surface area (Å²) in [5.41, 5.74) is 18.9. The van der Waals surface area contributed by atoms with Crippen molar-refractivity contribution in [2.45, 2.75) is 24.9 Å². The highest BCUT2D eigenvalue weighted by atomic mass is 32.1. The Kier molecular flexibility index (Phi) is 10.6. The van der Waals surface area contributed by atoms with E-state index in [-0.39, 0.29) is 12.1 Å². The molecule has 0 radical (unpaired) electrons. The van der Waals surface area contributed by atoms with Gasteiger partial charge in [0.15, 0.2) is 0 Å². The van der Waals surface area contributed by atoms with Crippen molar-refractivity contribution in [3.05, 3.63) is 241 Å². The highest BCUT2D eigenvalue weighted by Crippen LogP contribution is 2.42. The van der Waals surface area contributed by atoms with Crippen molar-refractivity contribution in [1.29, 1.82) is 0 Å². The van der Waals surface area contributed by atoms with E-state index < -0.39 is 0 Å². The third-order valence-corrected chi connectivity index (χ3v) is 16.8. The van der Waals surface area contributed by atoms with Crippen LogP contribution >= 0.6 is 22.7 Å². The number of aromatic nitrogens is 6. The van der Waals surface area contributed by atoms with Gasteiger partial charge in [-0.25, -0.2) is 19.9 Å². The lowest BCUT2D eigenvalue weighted by Gasteiger charge is -2.24. The smallest absolute Gasteiger partial charge is 0.138 e. The Hall–Kier alpha value is -9.36. The number of hydrazone groups is 2. The Morgan fingerprint density at radius 2 is 0.697 bits per heavy atom. The van der Waals surface area contributed by atoms with Crippen molar-refractivity contribution < 1.29 is 0 Å². The van der Waals surface area contributed by atoms with Crippen LogP contribution in [0.2, 0.25) is 0 Å². The van der Waals surface area contributed by atoms with Crippen molar-refractivity contribution in [3.63, 3.8) is 0 Å². The first kappa shape index (κ1) is 44.2. The van der Waals surface area contributed by atoms with E-state index in [2.05, 4.69) is 190 Å². The maximum absolute atomic E-state index is 5.41. The van der Waals surface area contributed by atoms with E-state index in [4.69, 9.17) is 30.1 Å². The molecule has 0 saturated carbocycles. The van der Waals surface area contributed by atoms with Gasteiger partial charge in [0.1, 0.15) is 21.7 Å². The van der Waals surface area contributed by atoms with Crippen LogP contribution in [0.1, 0.15) is 47.2 Å². The fourth-order valence-corrected chi connectivity index (χ4v) is 12.6. The zero-order valence-electron chi connectivity index (χ0n) is 40.7. The number of imidazole rings is 2. The molecule has 2 unspecified atom stereocenters. The van der Waals surface area contributed by atoms with E-state index >= 15 is 0 Å². The number of nitrogens with zero attached hydrogens (tertiary/aromatic N) is 8. The van der Waals surface area contributed by atoms with Gasteiger partial charge in [-0.15, -0.1) is 22.7 Å². The van der Waals surface area contributed by atoms with Crippen LogP contribution in [0.5, 0.6) is 0 Å². The standard InChI is InChI=1S/C64H44N10S2/c1-2-10-50-49(9-1)65-61(66-50)43-29-33-47(34-30-43)73-57(41-21-25-45(26-22-41)63-69-53-13-5-7-15-59(53)75-63)37-55(71-73)39-17-19-40(20-18-39)56-38-58(42-23-27-46(28-24-42)64-70-54-14-6-8-16-60(54)76-64)74(72-56)48-35-31-44(32-36-48)62-67-51-11-3-4-12-52(51)68-62/h1-36,57-58H,37-38H2,(H,65,66)(H,67,68). The average molecular weight is 1020 g/mol. The largest absolute Gasteiger partial charge is 0.338 e. The molecule has 2 aliphatic heterocycles. The number of nitrogens with one attached hydrogen (secondary N) is 2. The molecule has 0 aliphatic carbocycles. The highest BCUT2D eigenvalue weighted by Gasteiger charge is 2.33. The molecular formula is C64H44N10S2. The van der Waals surface area contributed by atoms with E-state index in [0.29, 0.717) is 0 Å². The third kappa shape index (κ3) is 8.02. The predicted octanol–water partition coefficient (Wildman–Crippen LogP) is 16.0. The summed E-state index contributed by atoms with van der Waals surface area (Å²) in [6, 6.07) is 76.6. The van der Waals surface area contributed by atoms with Crippen molar-refractivity contribution >= 4 is 88.0 Å². The van der Waals surface area contributed by atoms with Crippen LogP contribution in [0.4, 0.5) is 11.4 Å². The molecule has 0 saturated heterocycles. The second-order valence-electron chi connectivity index (χ2n) is 19.3. The molecule has 10 nitrogen and oxygen atoms in total. The van der Waals surface area contributed by atoms with E-state index in [1.54, 1.807) is 22.7 Å². The molecule has 76 heavy (non-hydrogen) atoms. The number of thiazole rings is 2. The molecule has 2 N–H and O–H groups in total. The van der Waals surface area contributed by atoms with Gasteiger partial charge < -0.3 is 9.97 Å². The maximum atomic E-state index is 5.41. The number of aromatic amines is 2. The first-order valence-corrected chi connectivity index (χ1v) is 27.1. The number of anilines is 2. The predicted molar refractivity (Wildman–Crippen MR) is 312 cm³/mol. The number of fused-ring (bicyclic) bond motifs is 4. The molecule has 4 aromatic heterocycles. The summed E-state index contributed by atoms with van der Waals surface area (Å²) >= 11 is 3.45. The fraction of sp³-hybridized carbons (Fsp3) is 0.0625. The van der Waals surface area contributed by atoms with E-state index in [1.807, 2.05) is 48.5 Å². The van der Waals surface area contributed by atoms with E-state index in [0.717, 1.165) is 124 Å². The SMILES string of the molecule is c1ccc2[nH]c(-c3ccc(N4N=C(c5ccc(C6=NN(c7ccc(-c8nc9ccccc9[nH]8)cc7)C(c7ccc(-c8nc9ccccc9s8)cc7)C6)cc5)CC4c4ccc(-c5nc6ccccc6s5)cc4)cc3)nc2c1. The minimum atomic E-state index is -0.0241. The summed E-state index contributed by atoms with van der Waals surface area (Å²) in [4.78, 5) is 26.6. The summed E-state index contributed by atoms with van der Waals surface area (Å²) in [7, 11) is 0. The van der Waals surface area contributed by atoms with Crippen molar-refractivity contribution in [2.24, 2.45) is 10.2 Å². The Morgan fingerprint density at radius 1 is 0.342 bits per heavy atom. The first-order chi connectivity index (χ1) is 37.6. The van der Waals surface area contributed by atoms with Crippen LogP contribution < -0.4 is 10.0 Å². The molecule has 13 aromatic rings. The van der Waals surface area contributed by atoms with Crippen LogP contribution in [-0.4, -0.2) is 41.3 Å². The average Bonchev–Trinajstić information content (AvgIpc) is 4.37. The molecule has 0 bridgehead atoms. The van der Waals surface area contributed by atoms with Gasteiger partial charge >= 0.3 is 0 Å². The van der Waals surface area contributed by atoms with Gasteiger partial charge in [0.05, 0.1) is 77.4 Å². The molecule has 0 spiro atoms. The monoisotopic (exact) mass is 1020 g/mol. The van der Waals surface area contributed by atoms with Crippen LogP contribution in [0.25, 0.3) is 86.4 Å². The molecule has 2 atom stereocenters. The molecule has 12 heteroatoms. The summed E-state index contributed by atoms with van der Waals surface area (Å²) in [5.74, 6) is 1.69. The van der Waals surface area contributed by atoms with E-state index in [1.165, 1.54) is 20.5 Å². The number of H-pyrrole nitrogens is 2. The normalized spacial score (nSPS) is 15.6. The van der Waals surface area contributed by atoms with Gasteiger partial charge in [-0.2, -0.15) is 10.2 Å². The van der Waals surface area contributed by atoms with Crippen molar-refractivity contribution in [3.8, 4) is 43.9 Å². The quantitative estimate of drug-likeness (QED) is 0.141. The second kappa shape index (κ2) is 18.2. The number of hydrogen-bond acceptors (Lipinski definition) is 10. The Balaban J connectivity index is 0.739. The number of para-hydroxylation sites is 6. The molecule has 2 aliphatic rings. The molecule has 0 amide bonds. The van der Waals surface area contributed by atoms with Gasteiger partial charge in [-0.05, 0) is 119 Å². The summed E-state index contributed by atoms with van der Waals surface area (Å²) in [6.07, 6.45) is 1.47. The topological polar surface area (TPSA) is 114 Å². The zero-order valence-corrected chi connectivity index (χ0v) is 42.4. The van der Waals surface area contributed by atoms with Crippen molar-refractivity contribution in [2.75, 3.05) is 10.0 Å². The lowest BCUT2D eigenvalue weighted by atomic mass is 9.95. The van der Waals surface area contributed by atoms with Crippen LogP contribution in [0, 0.1) is 0 Å². The van der Waals surface area contributed by atoms with Gasteiger partial charge in [0.25, 0.3) is 0 Å². The fourth-order valence-electron chi connectivity index (χ4n) is 10.6. The van der Waals surface area contributed by atoms with Crippen molar-refractivity contribution in [1.82, 2.24) is 29.9 Å². The van der Waals surface area contributed by atoms with Crippen LogP contribution in [0.15, 0.2) is 229 Å². The number of rotatable bonds is 10. The van der Waals surface area contributed by atoms with Gasteiger partial charge in [-0.1, -0.05) is 121 Å². The summed E-state index contributed by atoms with van der Waals surface area (Å²) in [6.45, 7) is 0. The summed E-state index contributed by atoms with van der Waals surface area (Å²) in [5, 5.41) is 17.2. The van der Waals surface area contributed by atoms with Gasteiger partial charge in [0.2, 0.25) is 0 Å². The molecule has 362 valence electrons. The zero-order chi connectivity index (χ0) is 50.1. The third-order valence-electron chi connectivity index (χ3n) is 14.6. The highest BCUT2D eigenvalue weighted by molar-refractivity contribution is 7.22. The van der Waals surface area contributed by atoms with Gasteiger partial charge in [-0.3, -0.25) is 10.0 Å². The molecular weight excluding hydrogens is 973 g/mol.